The maximum absolute atomic E-state index is 12.0. The normalized spacial score (nSPS) is 10.1. The van der Waals surface area contributed by atoms with Crippen molar-refractivity contribution in [1.82, 2.24) is 5.32 Å². The molecule has 0 fully saturated rings. The van der Waals surface area contributed by atoms with Crippen molar-refractivity contribution in [3.63, 3.8) is 0 Å². The Labute approximate surface area is 138 Å². The van der Waals surface area contributed by atoms with Crippen LogP contribution in [0.1, 0.15) is 11.1 Å². The van der Waals surface area contributed by atoms with E-state index < -0.39 is 0 Å². The number of halogens is 1. The minimum atomic E-state index is -0.0682. The summed E-state index contributed by atoms with van der Waals surface area (Å²) in [7, 11) is 1.61. The fraction of sp³-hybridized carbons (Fsp3) is 0.176. The van der Waals surface area contributed by atoms with Crippen molar-refractivity contribution in [2.75, 3.05) is 12.4 Å². The van der Waals surface area contributed by atoms with Crippen molar-refractivity contribution in [2.24, 2.45) is 0 Å². The molecule has 0 atom stereocenters. The van der Waals surface area contributed by atoms with Gasteiger partial charge in [0.15, 0.2) is 0 Å². The van der Waals surface area contributed by atoms with Crippen molar-refractivity contribution in [3.05, 3.63) is 64.1 Å². The third kappa shape index (κ3) is 5.00. The van der Waals surface area contributed by atoms with Crippen molar-refractivity contribution in [1.29, 1.82) is 0 Å². The molecule has 0 radical (unpaired) electrons. The molecule has 0 aliphatic rings. The van der Waals surface area contributed by atoms with Gasteiger partial charge in [0.05, 0.1) is 12.8 Å². The molecule has 114 valence electrons. The minimum absolute atomic E-state index is 0.0352. The van der Waals surface area contributed by atoms with Gasteiger partial charge in [-0.15, -0.1) is 0 Å². The zero-order valence-electron chi connectivity index (χ0n) is 12.2. The number of likely N-dealkylation sites (N-methyl/N-ethyl adjacent to an activating group) is 1. The molecule has 2 amide bonds. The Kier molecular flexibility index (Phi) is 5.72. The number of carbonyl (C=O) groups is 2. The second-order valence-corrected chi connectivity index (χ2v) is 5.81. The second kappa shape index (κ2) is 7.75. The van der Waals surface area contributed by atoms with Crippen LogP contribution in [0, 0.1) is 0 Å². The van der Waals surface area contributed by atoms with Crippen LogP contribution in [0.5, 0.6) is 0 Å². The lowest BCUT2D eigenvalue weighted by Gasteiger charge is -2.07. The third-order valence-corrected chi connectivity index (χ3v) is 3.69. The molecule has 0 aliphatic carbocycles. The van der Waals surface area contributed by atoms with Crippen LogP contribution in [-0.4, -0.2) is 18.9 Å². The number of anilines is 1. The number of benzene rings is 2. The molecule has 0 heterocycles. The highest BCUT2D eigenvalue weighted by atomic mass is 79.9. The largest absolute Gasteiger partial charge is 0.359 e. The Balaban J connectivity index is 1.91. The first-order valence-corrected chi connectivity index (χ1v) is 7.70. The molecule has 0 aliphatic heterocycles. The predicted molar refractivity (Wildman–Crippen MR) is 90.7 cm³/mol. The Morgan fingerprint density at radius 1 is 0.864 bits per heavy atom. The molecule has 0 saturated carbocycles. The Morgan fingerprint density at radius 3 is 1.91 bits per heavy atom. The molecule has 0 bridgehead atoms. The van der Waals surface area contributed by atoms with E-state index in [2.05, 4.69) is 26.6 Å². The summed E-state index contributed by atoms with van der Waals surface area (Å²) in [5.41, 5.74) is 2.59. The highest BCUT2D eigenvalue weighted by Crippen LogP contribution is 2.13. The lowest BCUT2D eigenvalue weighted by molar-refractivity contribution is -0.120. The van der Waals surface area contributed by atoms with E-state index in [0.29, 0.717) is 12.8 Å². The summed E-state index contributed by atoms with van der Waals surface area (Å²) in [6.07, 6.45) is 0.664. The number of hydrogen-bond donors (Lipinski definition) is 2. The summed E-state index contributed by atoms with van der Waals surface area (Å²) in [6.45, 7) is 0. The molecule has 0 unspecified atom stereocenters. The van der Waals surface area contributed by atoms with E-state index in [9.17, 15) is 9.59 Å². The molecular weight excluding hydrogens is 344 g/mol. The predicted octanol–water partition coefficient (Wildman–Crippen LogP) is 2.92. The van der Waals surface area contributed by atoms with E-state index in [0.717, 1.165) is 21.3 Å². The first-order valence-electron chi connectivity index (χ1n) is 6.90. The van der Waals surface area contributed by atoms with Gasteiger partial charge in [0.2, 0.25) is 11.8 Å². The fourth-order valence-electron chi connectivity index (χ4n) is 1.97. The van der Waals surface area contributed by atoms with Crippen LogP contribution >= 0.6 is 15.9 Å². The van der Waals surface area contributed by atoms with E-state index >= 15 is 0 Å². The van der Waals surface area contributed by atoms with Gasteiger partial charge in [0.1, 0.15) is 0 Å². The monoisotopic (exact) mass is 360 g/mol. The van der Waals surface area contributed by atoms with Gasteiger partial charge < -0.3 is 10.6 Å². The molecule has 0 spiro atoms. The average Bonchev–Trinajstić information content (AvgIpc) is 2.51. The first-order chi connectivity index (χ1) is 10.6. The fourth-order valence-corrected chi connectivity index (χ4v) is 2.24. The third-order valence-electron chi connectivity index (χ3n) is 3.16. The highest BCUT2D eigenvalue weighted by Gasteiger charge is 2.05. The molecule has 2 aromatic rings. The van der Waals surface area contributed by atoms with Gasteiger partial charge in [-0.2, -0.15) is 0 Å². The Bertz CT molecular complexity index is 651. The minimum Gasteiger partial charge on any atom is -0.359 e. The molecular formula is C17H17BrN2O2. The molecule has 4 nitrogen and oxygen atoms in total. The summed E-state index contributed by atoms with van der Waals surface area (Å²) >= 11 is 3.37. The van der Waals surface area contributed by atoms with Gasteiger partial charge in [0.25, 0.3) is 0 Å². The van der Waals surface area contributed by atoms with E-state index in [1.807, 2.05) is 36.4 Å². The standard InChI is InChI=1S/C17H17BrN2O2/c1-19-16(21)10-13-4-8-15(9-5-13)20-17(22)11-12-2-6-14(18)7-3-12/h2-9H,10-11H2,1H3,(H,19,21)(H,20,22). The SMILES string of the molecule is CNC(=O)Cc1ccc(NC(=O)Cc2ccc(Br)cc2)cc1. The lowest BCUT2D eigenvalue weighted by Crippen LogP contribution is -2.20. The summed E-state index contributed by atoms with van der Waals surface area (Å²) in [5, 5.41) is 5.43. The van der Waals surface area contributed by atoms with Crippen LogP contribution in [0.25, 0.3) is 0 Å². The van der Waals surface area contributed by atoms with E-state index in [1.165, 1.54) is 0 Å². The number of nitrogens with one attached hydrogen (secondary N) is 2. The van der Waals surface area contributed by atoms with Crippen molar-refractivity contribution in [2.45, 2.75) is 12.8 Å². The van der Waals surface area contributed by atoms with Crippen LogP contribution in [0.15, 0.2) is 53.0 Å². The maximum Gasteiger partial charge on any atom is 0.228 e. The average molecular weight is 361 g/mol. The lowest BCUT2D eigenvalue weighted by atomic mass is 10.1. The van der Waals surface area contributed by atoms with Crippen LogP contribution in [0.3, 0.4) is 0 Å². The Morgan fingerprint density at radius 2 is 1.36 bits per heavy atom. The van der Waals surface area contributed by atoms with Crippen molar-refractivity contribution in [3.8, 4) is 0 Å². The molecule has 5 heteroatoms. The number of rotatable bonds is 5. The quantitative estimate of drug-likeness (QED) is 0.861. The summed E-state index contributed by atoms with van der Waals surface area (Å²) in [5.74, 6) is -0.103. The number of hydrogen-bond acceptors (Lipinski definition) is 2. The van der Waals surface area contributed by atoms with Crippen LogP contribution < -0.4 is 10.6 Å². The first kappa shape index (κ1) is 16.2. The topological polar surface area (TPSA) is 58.2 Å². The van der Waals surface area contributed by atoms with Crippen molar-refractivity contribution >= 4 is 33.4 Å². The van der Waals surface area contributed by atoms with Gasteiger partial charge in [-0.25, -0.2) is 0 Å². The van der Waals surface area contributed by atoms with Gasteiger partial charge in [-0.3, -0.25) is 9.59 Å². The maximum atomic E-state index is 12.0. The molecule has 0 saturated heterocycles. The number of carbonyl (C=O) groups excluding carboxylic acids is 2. The van der Waals surface area contributed by atoms with Crippen LogP contribution in [-0.2, 0) is 22.4 Å². The van der Waals surface area contributed by atoms with Gasteiger partial charge >= 0.3 is 0 Å². The molecule has 0 aromatic heterocycles. The smallest absolute Gasteiger partial charge is 0.228 e. The van der Waals surface area contributed by atoms with Gasteiger partial charge in [-0.1, -0.05) is 40.2 Å². The zero-order chi connectivity index (χ0) is 15.9. The van der Waals surface area contributed by atoms with E-state index in [-0.39, 0.29) is 11.8 Å². The van der Waals surface area contributed by atoms with Crippen molar-refractivity contribution < 1.29 is 9.59 Å². The summed E-state index contributed by atoms with van der Waals surface area (Å²) in [6, 6.07) is 14.9. The van der Waals surface area contributed by atoms with Gasteiger partial charge in [-0.05, 0) is 35.4 Å². The molecule has 2 N–H and O–H groups in total. The summed E-state index contributed by atoms with van der Waals surface area (Å²) < 4.78 is 0.989. The molecule has 22 heavy (non-hydrogen) atoms. The number of amides is 2. The van der Waals surface area contributed by atoms with E-state index in [4.69, 9.17) is 0 Å². The van der Waals surface area contributed by atoms with E-state index in [1.54, 1.807) is 19.2 Å². The second-order valence-electron chi connectivity index (χ2n) is 4.90. The van der Waals surface area contributed by atoms with Crippen LogP contribution in [0.2, 0.25) is 0 Å². The van der Waals surface area contributed by atoms with Crippen LogP contribution in [0.4, 0.5) is 5.69 Å². The summed E-state index contributed by atoms with van der Waals surface area (Å²) in [4.78, 5) is 23.3. The molecule has 2 rings (SSSR count). The highest BCUT2D eigenvalue weighted by molar-refractivity contribution is 9.10. The molecule has 2 aromatic carbocycles. The Hall–Kier alpha value is -2.14. The zero-order valence-corrected chi connectivity index (χ0v) is 13.8. The van der Waals surface area contributed by atoms with Gasteiger partial charge in [0, 0.05) is 17.2 Å².